The largest absolute Gasteiger partial charge is 0.480 e. The standard InChI is InChI=1S/C47H80N2O7/c1-3-5-7-9-11-13-15-16-17-18-19-20-22-24-26-31-35-39-46(53)56-42(36-32-28-25-23-21-14-12-10-8-6-4-2)37-33-29-27-30-34-38-44(51)48-40-45(52)49-43(41-50)47(54)55/h5,7,11,13,16-17,19-20,23,25,42-43,50H,3-4,6,8-10,12,14-15,18,21-22,24,26-41H2,1-2H3,(H,48,51)(H,49,52)(H,54,55)/b7-5-,13-11-,17-16-,20-19-,25-23-. The van der Waals surface area contributed by atoms with E-state index in [4.69, 9.17) is 14.9 Å². The minimum Gasteiger partial charge on any atom is -0.480 e. The van der Waals surface area contributed by atoms with Gasteiger partial charge in [-0.05, 0) is 96.3 Å². The minimum atomic E-state index is -1.39. The molecular weight excluding hydrogens is 705 g/mol. The molecular formula is C47H80N2O7. The molecule has 0 rings (SSSR count). The van der Waals surface area contributed by atoms with Gasteiger partial charge in [-0.2, -0.15) is 0 Å². The van der Waals surface area contributed by atoms with Crippen LogP contribution in [0.1, 0.15) is 187 Å². The van der Waals surface area contributed by atoms with Crippen LogP contribution in [0.3, 0.4) is 0 Å². The van der Waals surface area contributed by atoms with Gasteiger partial charge in [0.1, 0.15) is 12.1 Å². The number of esters is 1. The van der Waals surface area contributed by atoms with Crippen LogP contribution in [-0.2, 0) is 23.9 Å². The summed E-state index contributed by atoms with van der Waals surface area (Å²) in [6.45, 7) is 3.35. The highest BCUT2D eigenvalue weighted by atomic mass is 16.5. The van der Waals surface area contributed by atoms with Crippen LogP contribution in [0.15, 0.2) is 60.8 Å². The van der Waals surface area contributed by atoms with Crippen LogP contribution < -0.4 is 10.6 Å². The average Bonchev–Trinajstić information content (AvgIpc) is 3.18. The normalized spacial score (nSPS) is 13.1. The quantitative estimate of drug-likeness (QED) is 0.0276. The second kappa shape index (κ2) is 41.2. The summed E-state index contributed by atoms with van der Waals surface area (Å²) >= 11 is 0. The second-order valence-corrected chi connectivity index (χ2v) is 14.7. The van der Waals surface area contributed by atoms with Gasteiger partial charge in [-0.25, -0.2) is 4.79 Å². The van der Waals surface area contributed by atoms with Gasteiger partial charge in [0.05, 0.1) is 13.2 Å². The molecule has 0 radical (unpaired) electrons. The molecule has 0 aromatic rings. The fourth-order valence-corrected chi connectivity index (χ4v) is 6.12. The highest BCUT2D eigenvalue weighted by molar-refractivity contribution is 5.87. The topological polar surface area (TPSA) is 142 Å². The van der Waals surface area contributed by atoms with Gasteiger partial charge in [-0.3, -0.25) is 14.4 Å². The van der Waals surface area contributed by atoms with Gasteiger partial charge in [-0.1, -0.05) is 139 Å². The fourth-order valence-electron chi connectivity index (χ4n) is 6.12. The summed E-state index contributed by atoms with van der Waals surface area (Å²) in [7, 11) is 0. The molecule has 56 heavy (non-hydrogen) atoms. The highest BCUT2D eigenvalue weighted by Gasteiger charge is 2.19. The zero-order chi connectivity index (χ0) is 41.2. The molecule has 0 bridgehead atoms. The summed E-state index contributed by atoms with van der Waals surface area (Å²) in [5.74, 6) is -2.34. The highest BCUT2D eigenvalue weighted by Crippen LogP contribution is 2.18. The third-order valence-corrected chi connectivity index (χ3v) is 9.50. The van der Waals surface area contributed by atoms with Crippen LogP contribution in [0.2, 0.25) is 0 Å². The third kappa shape index (κ3) is 37.5. The Labute approximate surface area is 341 Å². The van der Waals surface area contributed by atoms with Crippen molar-refractivity contribution >= 4 is 23.8 Å². The molecule has 0 aliphatic carbocycles. The first-order chi connectivity index (χ1) is 27.3. The summed E-state index contributed by atoms with van der Waals surface area (Å²) in [4.78, 5) is 47.6. The molecule has 0 fully saturated rings. The Morgan fingerprint density at radius 3 is 1.62 bits per heavy atom. The van der Waals surface area contributed by atoms with Crippen molar-refractivity contribution < 1.29 is 34.1 Å². The number of carboxylic acids is 1. The predicted molar refractivity (Wildman–Crippen MR) is 231 cm³/mol. The van der Waals surface area contributed by atoms with Crippen molar-refractivity contribution in [2.24, 2.45) is 0 Å². The maximum absolute atomic E-state index is 12.8. The molecule has 9 heteroatoms. The zero-order valence-corrected chi connectivity index (χ0v) is 35.4. The van der Waals surface area contributed by atoms with Gasteiger partial charge in [0.15, 0.2) is 0 Å². The number of aliphatic hydroxyl groups excluding tert-OH is 1. The minimum absolute atomic E-state index is 0.0592. The Morgan fingerprint density at radius 1 is 0.554 bits per heavy atom. The number of allylic oxidation sites excluding steroid dienone is 10. The number of nitrogens with one attached hydrogen (secondary N) is 2. The monoisotopic (exact) mass is 785 g/mol. The molecule has 0 saturated heterocycles. The lowest BCUT2D eigenvalue weighted by atomic mass is 10.0. The Balaban J connectivity index is 4.38. The van der Waals surface area contributed by atoms with Crippen LogP contribution in [0, 0.1) is 0 Å². The fraction of sp³-hybridized carbons (Fsp3) is 0.702. The van der Waals surface area contributed by atoms with Crippen molar-refractivity contribution in [3.05, 3.63) is 60.8 Å². The second-order valence-electron chi connectivity index (χ2n) is 14.7. The number of aliphatic carboxylic acids is 1. The van der Waals surface area contributed by atoms with Gasteiger partial charge >= 0.3 is 11.9 Å². The van der Waals surface area contributed by atoms with Gasteiger partial charge in [0.25, 0.3) is 0 Å². The molecule has 0 aliphatic rings. The van der Waals surface area contributed by atoms with E-state index >= 15 is 0 Å². The maximum atomic E-state index is 12.8. The van der Waals surface area contributed by atoms with Crippen molar-refractivity contribution in [1.82, 2.24) is 10.6 Å². The molecule has 0 aromatic heterocycles. The number of hydrogen-bond donors (Lipinski definition) is 4. The number of ether oxygens (including phenoxy) is 1. The number of rotatable bonds is 39. The number of hydrogen-bond acceptors (Lipinski definition) is 6. The first-order valence-electron chi connectivity index (χ1n) is 22.2. The number of carboxylic acid groups (broad SMARTS) is 1. The molecule has 0 saturated carbocycles. The van der Waals surface area contributed by atoms with E-state index in [1.54, 1.807) is 0 Å². The van der Waals surface area contributed by atoms with E-state index in [1.165, 1.54) is 38.5 Å². The third-order valence-electron chi connectivity index (χ3n) is 9.50. The molecule has 320 valence electrons. The maximum Gasteiger partial charge on any atom is 0.328 e. The lowest BCUT2D eigenvalue weighted by molar-refractivity contribution is -0.150. The zero-order valence-electron chi connectivity index (χ0n) is 35.4. The molecule has 0 aliphatic heterocycles. The average molecular weight is 785 g/mol. The molecule has 9 nitrogen and oxygen atoms in total. The van der Waals surface area contributed by atoms with Crippen molar-refractivity contribution in [2.75, 3.05) is 13.2 Å². The van der Waals surface area contributed by atoms with E-state index in [9.17, 15) is 19.2 Å². The van der Waals surface area contributed by atoms with Gasteiger partial charge in [0, 0.05) is 12.8 Å². The number of carbonyl (C=O) groups is 4. The van der Waals surface area contributed by atoms with Crippen molar-refractivity contribution in [2.45, 2.75) is 199 Å². The molecule has 2 amide bonds. The molecule has 0 spiro atoms. The van der Waals surface area contributed by atoms with Crippen LogP contribution in [-0.4, -0.2) is 59.3 Å². The lowest BCUT2D eigenvalue weighted by Crippen LogP contribution is -2.47. The van der Waals surface area contributed by atoms with Gasteiger partial charge in [0.2, 0.25) is 11.8 Å². The molecule has 0 heterocycles. The lowest BCUT2D eigenvalue weighted by Gasteiger charge is -2.18. The van der Waals surface area contributed by atoms with E-state index in [0.717, 1.165) is 116 Å². The van der Waals surface area contributed by atoms with E-state index in [1.807, 2.05) is 0 Å². The van der Waals surface area contributed by atoms with Crippen LogP contribution in [0.25, 0.3) is 0 Å². The van der Waals surface area contributed by atoms with Crippen molar-refractivity contribution in [3.63, 3.8) is 0 Å². The molecule has 0 aromatic carbocycles. The first kappa shape index (κ1) is 52.5. The SMILES string of the molecule is CC/C=C\C/C=C\C/C=C\C/C=C\CCCCCCC(=O)OC(CCC/C=C\CCCCCCCC)CCCCCCCC(=O)NCC(=O)NC(CO)C(=O)O. The smallest absolute Gasteiger partial charge is 0.328 e. The van der Waals surface area contributed by atoms with Crippen molar-refractivity contribution in [3.8, 4) is 0 Å². The summed E-state index contributed by atoms with van der Waals surface area (Å²) in [5.41, 5.74) is 0. The molecule has 2 atom stereocenters. The van der Waals surface area contributed by atoms with Gasteiger partial charge < -0.3 is 25.6 Å². The summed E-state index contributed by atoms with van der Waals surface area (Å²) in [6.07, 6.45) is 49.6. The van der Waals surface area contributed by atoms with E-state index < -0.39 is 24.5 Å². The molecule has 4 N–H and O–H groups in total. The predicted octanol–water partition coefficient (Wildman–Crippen LogP) is 10.9. The Morgan fingerprint density at radius 2 is 1.04 bits per heavy atom. The molecule has 2 unspecified atom stereocenters. The van der Waals surface area contributed by atoms with E-state index in [2.05, 4.69) is 85.2 Å². The number of carbonyl (C=O) groups excluding carboxylic acids is 3. The summed E-state index contributed by atoms with van der Waals surface area (Å²) < 4.78 is 6.00. The van der Waals surface area contributed by atoms with E-state index in [-0.39, 0.29) is 30.9 Å². The van der Waals surface area contributed by atoms with Crippen molar-refractivity contribution in [1.29, 1.82) is 0 Å². The number of unbranched alkanes of at least 4 members (excludes halogenated alkanes) is 15. The Kier molecular flexibility index (Phi) is 38.6. The summed E-state index contributed by atoms with van der Waals surface area (Å²) in [6, 6.07) is -1.39. The first-order valence-corrected chi connectivity index (χ1v) is 22.2. The Bertz CT molecular complexity index is 1130. The van der Waals surface area contributed by atoms with Gasteiger partial charge in [-0.15, -0.1) is 0 Å². The number of aliphatic hydroxyl groups is 1. The van der Waals surface area contributed by atoms with Crippen LogP contribution in [0.5, 0.6) is 0 Å². The Hall–Kier alpha value is -3.46. The van der Waals surface area contributed by atoms with E-state index in [0.29, 0.717) is 12.8 Å². The summed E-state index contributed by atoms with van der Waals surface area (Å²) in [5, 5.41) is 22.5. The van der Waals surface area contributed by atoms with Crippen LogP contribution in [0.4, 0.5) is 0 Å². The van der Waals surface area contributed by atoms with Crippen LogP contribution >= 0.6 is 0 Å². The number of amides is 2.